The van der Waals surface area contributed by atoms with Crippen LogP contribution in [0.3, 0.4) is 0 Å². The Hall–Kier alpha value is -0.610. The van der Waals surface area contributed by atoms with E-state index >= 15 is 0 Å². The normalized spacial score (nSPS) is 16.8. The van der Waals surface area contributed by atoms with Gasteiger partial charge in [0.15, 0.2) is 0 Å². The topological polar surface area (TPSA) is 58.6 Å². The zero-order valence-corrected chi connectivity index (χ0v) is 10.9. The lowest BCUT2D eigenvalue weighted by atomic mass is 9.95. The Balaban J connectivity index is 4.45. The van der Waals surface area contributed by atoms with Crippen molar-refractivity contribution in [1.82, 2.24) is 5.32 Å². The highest BCUT2D eigenvalue weighted by Gasteiger charge is 2.34. The maximum atomic E-state index is 11.3. The summed E-state index contributed by atoms with van der Waals surface area (Å²) in [7, 11) is 1.59. The number of carboxylic acids is 1. The number of methoxy groups -OCH3 is 1. The van der Waals surface area contributed by atoms with Gasteiger partial charge in [0.05, 0.1) is 0 Å². The smallest absolute Gasteiger partial charge is 0.323 e. The standard InChI is InChI=1S/C12H25NO3/c1-5-7-10(6-2)13-12(3,11(14)15)8-9-16-4/h10,13H,5-9H2,1-4H3,(H,14,15). The van der Waals surface area contributed by atoms with Crippen molar-refractivity contribution < 1.29 is 14.6 Å². The molecular formula is C12H25NO3. The molecule has 0 rings (SSSR count). The van der Waals surface area contributed by atoms with E-state index in [1.54, 1.807) is 14.0 Å². The molecule has 0 saturated carbocycles. The van der Waals surface area contributed by atoms with Crippen molar-refractivity contribution in [1.29, 1.82) is 0 Å². The first-order valence-electron chi connectivity index (χ1n) is 6.00. The average Bonchev–Trinajstić information content (AvgIpc) is 2.25. The second-order valence-electron chi connectivity index (χ2n) is 4.42. The van der Waals surface area contributed by atoms with Crippen molar-refractivity contribution in [3.8, 4) is 0 Å². The highest BCUT2D eigenvalue weighted by molar-refractivity contribution is 5.78. The van der Waals surface area contributed by atoms with E-state index in [1.165, 1.54) is 0 Å². The van der Waals surface area contributed by atoms with Crippen LogP contribution in [0.4, 0.5) is 0 Å². The first-order chi connectivity index (χ1) is 7.50. The number of nitrogens with one attached hydrogen (secondary N) is 1. The molecule has 16 heavy (non-hydrogen) atoms. The molecule has 0 aromatic carbocycles. The summed E-state index contributed by atoms with van der Waals surface area (Å²) in [5, 5.41) is 12.5. The first kappa shape index (κ1) is 15.4. The molecule has 2 atom stereocenters. The van der Waals surface area contributed by atoms with E-state index in [-0.39, 0.29) is 6.04 Å². The predicted octanol–water partition coefficient (Wildman–Crippen LogP) is 2.03. The first-order valence-corrected chi connectivity index (χ1v) is 6.00. The third kappa shape index (κ3) is 4.94. The van der Waals surface area contributed by atoms with Crippen LogP contribution in [0.1, 0.15) is 46.5 Å². The summed E-state index contributed by atoms with van der Waals surface area (Å²) in [5.74, 6) is -0.806. The van der Waals surface area contributed by atoms with Gasteiger partial charge in [-0.05, 0) is 26.2 Å². The fraction of sp³-hybridized carbons (Fsp3) is 0.917. The van der Waals surface area contributed by atoms with E-state index in [0.29, 0.717) is 13.0 Å². The molecule has 2 unspecified atom stereocenters. The molecule has 2 N–H and O–H groups in total. The molecule has 0 radical (unpaired) electrons. The van der Waals surface area contributed by atoms with E-state index in [1.807, 2.05) is 0 Å². The summed E-state index contributed by atoms with van der Waals surface area (Å²) in [4.78, 5) is 11.3. The van der Waals surface area contributed by atoms with E-state index in [9.17, 15) is 9.90 Å². The van der Waals surface area contributed by atoms with E-state index in [4.69, 9.17) is 4.74 Å². The van der Waals surface area contributed by atoms with Crippen molar-refractivity contribution in [3.05, 3.63) is 0 Å². The predicted molar refractivity (Wildman–Crippen MR) is 64.7 cm³/mol. The highest BCUT2D eigenvalue weighted by Crippen LogP contribution is 2.14. The van der Waals surface area contributed by atoms with Crippen LogP contribution in [0.25, 0.3) is 0 Å². The molecule has 0 heterocycles. The molecule has 0 aromatic heterocycles. The molecule has 0 spiro atoms. The summed E-state index contributed by atoms with van der Waals surface area (Å²) >= 11 is 0. The molecule has 0 amide bonds. The van der Waals surface area contributed by atoms with Gasteiger partial charge in [-0.3, -0.25) is 10.1 Å². The average molecular weight is 231 g/mol. The Morgan fingerprint density at radius 1 is 1.50 bits per heavy atom. The number of ether oxygens (including phenoxy) is 1. The van der Waals surface area contributed by atoms with Crippen LogP contribution in [0.2, 0.25) is 0 Å². The third-order valence-corrected chi connectivity index (χ3v) is 2.93. The Kier molecular flexibility index (Phi) is 7.34. The summed E-state index contributed by atoms with van der Waals surface area (Å²) in [6.45, 7) is 6.37. The number of hydrogen-bond donors (Lipinski definition) is 2. The van der Waals surface area contributed by atoms with Crippen LogP contribution < -0.4 is 5.32 Å². The van der Waals surface area contributed by atoms with Crippen molar-refractivity contribution in [2.24, 2.45) is 0 Å². The highest BCUT2D eigenvalue weighted by atomic mass is 16.5. The van der Waals surface area contributed by atoms with Gasteiger partial charge in [-0.15, -0.1) is 0 Å². The largest absolute Gasteiger partial charge is 0.480 e. The van der Waals surface area contributed by atoms with Crippen LogP contribution in [0.5, 0.6) is 0 Å². The van der Waals surface area contributed by atoms with Crippen LogP contribution in [0.15, 0.2) is 0 Å². The lowest BCUT2D eigenvalue weighted by Crippen LogP contribution is -2.54. The molecule has 0 saturated heterocycles. The number of aliphatic carboxylic acids is 1. The zero-order valence-electron chi connectivity index (χ0n) is 10.9. The molecular weight excluding hydrogens is 206 g/mol. The minimum absolute atomic E-state index is 0.267. The van der Waals surface area contributed by atoms with E-state index in [0.717, 1.165) is 19.3 Å². The fourth-order valence-electron chi connectivity index (χ4n) is 1.72. The van der Waals surface area contributed by atoms with Gasteiger partial charge in [-0.2, -0.15) is 0 Å². The van der Waals surface area contributed by atoms with Gasteiger partial charge in [0, 0.05) is 19.8 Å². The van der Waals surface area contributed by atoms with Gasteiger partial charge < -0.3 is 9.84 Å². The molecule has 0 aliphatic carbocycles. The molecule has 4 heteroatoms. The van der Waals surface area contributed by atoms with Gasteiger partial charge in [0.25, 0.3) is 0 Å². The zero-order chi connectivity index (χ0) is 12.6. The number of rotatable bonds is 9. The van der Waals surface area contributed by atoms with Crippen molar-refractivity contribution in [2.45, 2.75) is 58.0 Å². The van der Waals surface area contributed by atoms with Crippen LogP contribution in [0, 0.1) is 0 Å². The van der Waals surface area contributed by atoms with Gasteiger partial charge in [-0.1, -0.05) is 20.3 Å². The Morgan fingerprint density at radius 2 is 2.12 bits per heavy atom. The summed E-state index contributed by atoms with van der Waals surface area (Å²) in [5.41, 5.74) is -0.883. The molecule has 0 aromatic rings. The van der Waals surface area contributed by atoms with Gasteiger partial charge in [0.2, 0.25) is 0 Å². The van der Waals surface area contributed by atoms with Crippen LogP contribution >= 0.6 is 0 Å². The van der Waals surface area contributed by atoms with Crippen molar-refractivity contribution >= 4 is 5.97 Å². The molecule has 96 valence electrons. The Morgan fingerprint density at radius 3 is 2.50 bits per heavy atom. The van der Waals surface area contributed by atoms with E-state index in [2.05, 4.69) is 19.2 Å². The van der Waals surface area contributed by atoms with Crippen LogP contribution in [-0.2, 0) is 9.53 Å². The Bertz CT molecular complexity index is 208. The molecule has 0 aliphatic rings. The summed E-state index contributed by atoms with van der Waals surface area (Å²) in [6, 6.07) is 0.267. The lowest BCUT2D eigenvalue weighted by Gasteiger charge is -2.31. The SMILES string of the molecule is CCCC(CC)NC(C)(CCOC)C(=O)O. The van der Waals surface area contributed by atoms with Crippen molar-refractivity contribution in [3.63, 3.8) is 0 Å². The minimum atomic E-state index is -0.883. The molecule has 0 fully saturated rings. The summed E-state index contributed by atoms with van der Waals surface area (Å²) < 4.78 is 4.96. The second-order valence-corrected chi connectivity index (χ2v) is 4.42. The number of carbonyl (C=O) groups is 1. The number of hydrogen-bond acceptors (Lipinski definition) is 3. The Labute approximate surface area is 98.4 Å². The number of carboxylic acid groups (broad SMARTS) is 1. The quantitative estimate of drug-likeness (QED) is 0.637. The van der Waals surface area contributed by atoms with Crippen molar-refractivity contribution in [2.75, 3.05) is 13.7 Å². The van der Waals surface area contributed by atoms with Gasteiger partial charge >= 0.3 is 5.97 Å². The molecule has 0 aliphatic heterocycles. The summed E-state index contributed by atoms with van der Waals surface area (Å²) in [6.07, 6.45) is 3.50. The minimum Gasteiger partial charge on any atom is -0.480 e. The van der Waals surface area contributed by atoms with Gasteiger partial charge in [-0.25, -0.2) is 0 Å². The second kappa shape index (κ2) is 7.63. The van der Waals surface area contributed by atoms with Crippen LogP contribution in [-0.4, -0.2) is 36.4 Å². The lowest BCUT2D eigenvalue weighted by molar-refractivity contribution is -0.145. The maximum Gasteiger partial charge on any atom is 0.323 e. The maximum absolute atomic E-state index is 11.3. The molecule has 0 bridgehead atoms. The fourth-order valence-corrected chi connectivity index (χ4v) is 1.72. The van der Waals surface area contributed by atoms with E-state index < -0.39 is 11.5 Å². The monoisotopic (exact) mass is 231 g/mol. The molecule has 4 nitrogen and oxygen atoms in total. The van der Waals surface area contributed by atoms with Gasteiger partial charge in [0.1, 0.15) is 5.54 Å². The third-order valence-electron chi connectivity index (χ3n) is 2.93.